The van der Waals surface area contributed by atoms with E-state index in [0.29, 0.717) is 13.0 Å². The van der Waals surface area contributed by atoms with Crippen LogP contribution in [0, 0.1) is 0 Å². The normalized spacial score (nSPS) is 38.5. The highest BCUT2D eigenvalue weighted by Crippen LogP contribution is 2.19. The molecule has 0 aliphatic carbocycles. The Kier molecular flexibility index (Phi) is 1.58. The van der Waals surface area contributed by atoms with Crippen LogP contribution in [0.4, 0.5) is 0 Å². The third kappa shape index (κ3) is 1.12. The van der Waals surface area contributed by atoms with E-state index in [1.807, 2.05) is 4.90 Å². The Morgan fingerprint density at radius 3 is 3.18 bits per heavy atom. The number of nitrogens with zero attached hydrogens (tertiary/aromatic N) is 1. The molecule has 2 saturated heterocycles. The lowest BCUT2D eigenvalue weighted by Gasteiger charge is -2.28. The number of amides is 1. The van der Waals surface area contributed by atoms with Crippen molar-refractivity contribution in [1.82, 2.24) is 10.2 Å². The maximum atomic E-state index is 11.2. The van der Waals surface area contributed by atoms with Gasteiger partial charge in [0.1, 0.15) is 0 Å². The number of nitrogens with one attached hydrogen (secondary N) is 1. The summed E-state index contributed by atoms with van der Waals surface area (Å²) in [5.41, 5.74) is 0. The molecule has 2 aliphatic heterocycles. The van der Waals surface area contributed by atoms with E-state index in [0.717, 1.165) is 13.1 Å². The molecular weight excluding hydrogens is 144 g/mol. The molecule has 2 atom stereocenters. The first-order valence-electron chi connectivity index (χ1n) is 3.97. The third-order valence-corrected chi connectivity index (χ3v) is 2.38. The van der Waals surface area contributed by atoms with Crippen molar-refractivity contribution in [1.29, 1.82) is 0 Å². The predicted molar refractivity (Wildman–Crippen MR) is 39.0 cm³/mol. The largest absolute Gasteiger partial charge is 0.392 e. The van der Waals surface area contributed by atoms with Gasteiger partial charge in [-0.15, -0.1) is 0 Å². The zero-order chi connectivity index (χ0) is 7.84. The summed E-state index contributed by atoms with van der Waals surface area (Å²) in [4.78, 5) is 13.2. The number of hydrogen-bond donors (Lipinski definition) is 2. The van der Waals surface area contributed by atoms with Crippen molar-refractivity contribution in [3.63, 3.8) is 0 Å². The van der Waals surface area contributed by atoms with Crippen molar-refractivity contribution in [2.75, 3.05) is 19.6 Å². The Labute approximate surface area is 65.2 Å². The van der Waals surface area contributed by atoms with Gasteiger partial charge in [0.05, 0.1) is 12.1 Å². The highest BCUT2D eigenvalue weighted by molar-refractivity contribution is 5.82. The van der Waals surface area contributed by atoms with E-state index in [-0.39, 0.29) is 18.1 Å². The van der Waals surface area contributed by atoms with Crippen LogP contribution < -0.4 is 5.32 Å². The fourth-order valence-electron chi connectivity index (χ4n) is 1.84. The molecule has 0 aromatic heterocycles. The van der Waals surface area contributed by atoms with Crippen LogP contribution in [-0.2, 0) is 4.79 Å². The number of hydrogen-bond acceptors (Lipinski definition) is 3. The molecule has 0 aromatic carbocycles. The van der Waals surface area contributed by atoms with Crippen LogP contribution in [0.2, 0.25) is 0 Å². The molecule has 11 heavy (non-hydrogen) atoms. The summed E-state index contributed by atoms with van der Waals surface area (Å²) in [6.45, 7) is 2.27. The molecule has 2 aliphatic rings. The number of aliphatic hydroxyl groups is 1. The maximum Gasteiger partial charge on any atom is 0.237 e. The monoisotopic (exact) mass is 156 g/mol. The molecule has 0 bridgehead atoms. The van der Waals surface area contributed by atoms with Crippen molar-refractivity contribution >= 4 is 5.91 Å². The Bertz CT molecular complexity index is 183. The van der Waals surface area contributed by atoms with Crippen LogP contribution in [0.1, 0.15) is 6.42 Å². The summed E-state index contributed by atoms with van der Waals surface area (Å²) >= 11 is 0. The van der Waals surface area contributed by atoms with E-state index >= 15 is 0 Å². The van der Waals surface area contributed by atoms with Gasteiger partial charge in [0.2, 0.25) is 5.91 Å². The average Bonchev–Trinajstić information content (AvgIpc) is 2.31. The highest BCUT2D eigenvalue weighted by Gasteiger charge is 2.37. The van der Waals surface area contributed by atoms with Crippen LogP contribution >= 0.6 is 0 Å². The van der Waals surface area contributed by atoms with Crippen molar-refractivity contribution in [2.45, 2.75) is 18.6 Å². The summed E-state index contributed by atoms with van der Waals surface area (Å²) < 4.78 is 0. The molecule has 2 N–H and O–H groups in total. The predicted octanol–water partition coefficient (Wildman–Crippen LogP) is -1.45. The number of carbonyl (C=O) groups excluding carboxylic acids is 1. The molecule has 0 aromatic rings. The van der Waals surface area contributed by atoms with E-state index in [4.69, 9.17) is 0 Å². The van der Waals surface area contributed by atoms with Crippen LogP contribution in [0.25, 0.3) is 0 Å². The Balaban J connectivity index is 2.09. The quantitative estimate of drug-likeness (QED) is 0.451. The van der Waals surface area contributed by atoms with Crippen LogP contribution in [0.5, 0.6) is 0 Å². The summed E-state index contributed by atoms with van der Waals surface area (Å²) in [5, 5.41) is 12.0. The SMILES string of the molecule is O=C1NCCN2C[C@@H](O)C[C@@H]12. The molecule has 4 nitrogen and oxygen atoms in total. The van der Waals surface area contributed by atoms with E-state index in [1.165, 1.54) is 0 Å². The minimum absolute atomic E-state index is 0.0567. The smallest absolute Gasteiger partial charge is 0.237 e. The number of carbonyl (C=O) groups is 1. The van der Waals surface area contributed by atoms with Gasteiger partial charge < -0.3 is 10.4 Å². The van der Waals surface area contributed by atoms with Crippen molar-refractivity contribution in [3.8, 4) is 0 Å². The van der Waals surface area contributed by atoms with Gasteiger partial charge in [-0.25, -0.2) is 0 Å². The van der Waals surface area contributed by atoms with E-state index < -0.39 is 0 Å². The van der Waals surface area contributed by atoms with Crippen molar-refractivity contribution < 1.29 is 9.90 Å². The number of rotatable bonds is 0. The molecule has 2 rings (SSSR count). The average molecular weight is 156 g/mol. The van der Waals surface area contributed by atoms with Crippen LogP contribution in [-0.4, -0.2) is 47.7 Å². The second-order valence-electron chi connectivity index (χ2n) is 3.19. The molecule has 1 amide bonds. The van der Waals surface area contributed by atoms with Crippen LogP contribution in [0.3, 0.4) is 0 Å². The lowest BCUT2D eigenvalue weighted by molar-refractivity contribution is -0.127. The van der Waals surface area contributed by atoms with Gasteiger partial charge in [0.25, 0.3) is 0 Å². The Morgan fingerprint density at radius 2 is 2.45 bits per heavy atom. The number of aliphatic hydroxyl groups excluding tert-OH is 1. The van der Waals surface area contributed by atoms with Crippen molar-refractivity contribution in [2.24, 2.45) is 0 Å². The second-order valence-corrected chi connectivity index (χ2v) is 3.19. The van der Waals surface area contributed by atoms with Crippen molar-refractivity contribution in [3.05, 3.63) is 0 Å². The minimum atomic E-state index is -0.302. The van der Waals surface area contributed by atoms with Gasteiger partial charge in [-0.3, -0.25) is 9.69 Å². The Hall–Kier alpha value is -0.610. The third-order valence-electron chi connectivity index (χ3n) is 2.38. The summed E-state index contributed by atoms with van der Waals surface area (Å²) in [7, 11) is 0. The topological polar surface area (TPSA) is 52.6 Å². The lowest BCUT2D eigenvalue weighted by atomic mass is 10.1. The molecule has 0 saturated carbocycles. The second kappa shape index (κ2) is 2.46. The summed E-state index contributed by atoms with van der Waals surface area (Å²) in [6, 6.07) is -0.0567. The fourth-order valence-corrected chi connectivity index (χ4v) is 1.84. The zero-order valence-electron chi connectivity index (χ0n) is 6.29. The minimum Gasteiger partial charge on any atom is -0.392 e. The van der Waals surface area contributed by atoms with E-state index in [2.05, 4.69) is 5.32 Å². The Morgan fingerprint density at radius 1 is 1.64 bits per heavy atom. The maximum absolute atomic E-state index is 11.2. The molecule has 0 radical (unpaired) electrons. The molecule has 4 heteroatoms. The molecule has 62 valence electrons. The molecule has 0 unspecified atom stereocenters. The number of fused-ring (bicyclic) bond motifs is 1. The summed E-state index contributed by atoms with van der Waals surface area (Å²) in [5.74, 6) is 0.0767. The fraction of sp³-hybridized carbons (Fsp3) is 0.857. The first kappa shape index (κ1) is 7.06. The lowest BCUT2D eigenvalue weighted by Crippen LogP contribution is -2.51. The summed E-state index contributed by atoms with van der Waals surface area (Å²) in [6.07, 6.45) is 0.301. The molecule has 0 spiro atoms. The molecule has 2 fully saturated rings. The first-order chi connectivity index (χ1) is 5.27. The molecule has 2 heterocycles. The standard InChI is InChI=1S/C7H12N2O2/c10-5-3-6-7(11)8-1-2-9(6)4-5/h5-6,10H,1-4H2,(H,8,11)/t5-,6-/m0/s1. The zero-order valence-corrected chi connectivity index (χ0v) is 6.29. The number of piperazine rings is 1. The van der Waals surface area contributed by atoms with Gasteiger partial charge in [0.15, 0.2) is 0 Å². The van der Waals surface area contributed by atoms with Gasteiger partial charge >= 0.3 is 0 Å². The van der Waals surface area contributed by atoms with Gasteiger partial charge in [-0.2, -0.15) is 0 Å². The van der Waals surface area contributed by atoms with Gasteiger partial charge in [-0.1, -0.05) is 0 Å². The van der Waals surface area contributed by atoms with E-state index in [1.54, 1.807) is 0 Å². The van der Waals surface area contributed by atoms with Gasteiger partial charge in [-0.05, 0) is 6.42 Å². The van der Waals surface area contributed by atoms with E-state index in [9.17, 15) is 9.90 Å². The van der Waals surface area contributed by atoms with Gasteiger partial charge in [0, 0.05) is 19.6 Å². The highest BCUT2D eigenvalue weighted by atomic mass is 16.3. The van der Waals surface area contributed by atoms with Crippen LogP contribution in [0.15, 0.2) is 0 Å². The molecular formula is C7H12N2O2. The first-order valence-corrected chi connectivity index (χ1v) is 3.97.